The van der Waals surface area contributed by atoms with Crippen molar-refractivity contribution in [3.63, 3.8) is 0 Å². The van der Waals surface area contributed by atoms with Gasteiger partial charge in [-0.05, 0) is 34.1 Å². The molecule has 0 amide bonds. The van der Waals surface area contributed by atoms with E-state index in [4.69, 9.17) is 22.9 Å². The van der Waals surface area contributed by atoms with Crippen LogP contribution >= 0.6 is 0 Å². The van der Waals surface area contributed by atoms with Gasteiger partial charge in [-0.1, -0.05) is 6.92 Å². The quantitative estimate of drug-likeness (QED) is 0.305. The van der Waals surface area contributed by atoms with Gasteiger partial charge >= 0.3 is 0 Å². The molecule has 1 unspecified atom stereocenters. The molecule has 0 rings (SSSR count). The van der Waals surface area contributed by atoms with Crippen LogP contribution in [0.2, 0.25) is 0 Å². The summed E-state index contributed by atoms with van der Waals surface area (Å²) in [6.07, 6.45) is 0.210. The molecule has 0 fully saturated rings. The fourth-order valence-electron chi connectivity index (χ4n) is 3.15. The number of ketones is 4. The minimum atomic E-state index is -2.49. The van der Waals surface area contributed by atoms with Gasteiger partial charge in [0, 0.05) is 6.04 Å². The van der Waals surface area contributed by atoms with E-state index < -0.39 is 45.8 Å². The summed E-state index contributed by atoms with van der Waals surface area (Å²) < 4.78 is 0. The number of nitrogens with two attached hydrogens (primary N) is 4. The minimum absolute atomic E-state index is 0.210. The molecule has 0 aliphatic rings. The Bertz CT molecular complexity index is 485. The van der Waals surface area contributed by atoms with Gasteiger partial charge in [-0.15, -0.1) is 0 Å². The average Bonchev–Trinajstić information content (AvgIpc) is 2.35. The largest absolute Gasteiger partial charge is 0.325 e. The number of rotatable bonds is 8. The summed E-state index contributed by atoms with van der Waals surface area (Å²) in [5.41, 5.74) is 16.8. The molecule has 8 N–H and O–H groups in total. The molecule has 0 heterocycles. The van der Waals surface area contributed by atoms with Crippen LogP contribution in [0.3, 0.4) is 0 Å². The summed E-state index contributed by atoms with van der Waals surface area (Å²) in [5.74, 6) is -3.51. The number of hydrogen-bond donors (Lipinski definition) is 4. The number of Topliss-reactive ketones (excluding diaryl/α,β-unsaturated/α-hetero) is 4. The standard InChI is InChI=1S/C14H26N4O4/c1-6-11(15)14(17,18)12(7(2)19,8(3)20)13(16,9(4)21)10(5)22/h11H,6,15-18H2,1-5H3. The molecule has 1 atom stereocenters. The van der Waals surface area contributed by atoms with Gasteiger partial charge in [0.2, 0.25) is 0 Å². The highest BCUT2D eigenvalue weighted by Gasteiger charge is 2.70. The van der Waals surface area contributed by atoms with Crippen molar-refractivity contribution in [1.82, 2.24) is 0 Å². The van der Waals surface area contributed by atoms with Crippen LogP contribution in [0.4, 0.5) is 0 Å². The number of carbonyl (C=O) groups excluding carboxylic acids is 4. The first-order chi connectivity index (χ1) is 9.75. The Hall–Kier alpha value is -1.48. The van der Waals surface area contributed by atoms with Crippen LogP contribution in [0, 0.1) is 5.41 Å². The van der Waals surface area contributed by atoms with E-state index in [-0.39, 0.29) is 6.42 Å². The van der Waals surface area contributed by atoms with Gasteiger partial charge in [0.15, 0.2) is 22.5 Å². The molecule has 0 bridgehead atoms. The zero-order valence-electron chi connectivity index (χ0n) is 13.7. The summed E-state index contributed by atoms with van der Waals surface area (Å²) in [5, 5.41) is 0. The summed E-state index contributed by atoms with van der Waals surface area (Å²) in [6, 6.07) is -1.04. The SMILES string of the molecule is CCC(N)C(N)(N)C(C(C)=O)(C(C)=O)C(N)(C(C)=O)C(C)=O. The van der Waals surface area contributed by atoms with Crippen LogP contribution in [0.5, 0.6) is 0 Å². The molecular formula is C14H26N4O4. The highest BCUT2D eigenvalue weighted by molar-refractivity contribution is 6.23. The average molecular weight is 314 g/mol. The Kier molecular flexibility index (Phi) is 5.90. The lowest BCUT2D eigenvalue weighted by Gasteiger charge is -2.52. The molecule has 8 heteroatoms. The van der Waals surface area contributed by atoms with Crippen LogP contribution < -0.4 is 22.9 Å². The topological polar surface area (TPSA) is 172 Å². The zero-order valence-corrected chi connectivity index (χ0v) is 13.7. The predicted octanol–water partition coefficient (Wildman–Crippen LogP) is -1.62. The van der Waals surface area contributed by atoms with Gasteiger partial charge in [0.1, 0.15) is 17.2 Å². The highest BCUT2D eigenvalue weighted by Crippen LogP contribution is 2.42. The van der Waals surface area contributed by atoms with Crippen molar-refractivity contribution in [3.8, 4) is 0 Å². The highest BCUT2D eigenvalue weighted by atomic mass is 16.2. The van der Waals surface area contributed by atoms with Crippen molar-refractivity contribution in [2.45, 2.75) is 58.3 Å². The minimum Gasteiger partial charge on any atom is -0.325 e. The van der Waals surface area contributed by atoms with Gasteiger partial charge in [0.25, 0.3) is 0 Å². The smallest absolute Gasteiger partial charge is 0.158 e. The van der Waals surface area contributed by atoms with Crippen molar-refractivity contribution in [1.29, 1.82) is 0 Å². The Balaban J connectivity index is 7.03. The molecule has 126 valence electrons. The first-order valence-corrected chi connectivity index (χ1v) is 6.92. The van der Waals surface area contributed by atoms with Crippen LogP contribution in [-0.2, 0) is 19.2 Å². The van der Waals surface area contributed by atoms with Gasteiger partial charge < -0.3 is 22.9 Å². The third kappa shape index (κ3) is 2.41. The molecule has 0 radical (unpaired) electrons. The van der Waals surface area contributed by atoms with E-state index in [0.29, 0.717) is 0 Å². The Morgan fingerprint density at radius 2 is 1.14 bits per heavy atom. The van der Waals surface area contributed by atoms with E-state index in [9.17, 15) is 19.2 Å². The maximum atomic E-state index is 12.4. The second-order valence-corrected chi connectivity index (χ2v) is 5.73. The van der Waals surface area contributed by atoms with Crippen LogP contribution in [0.15, 0.2) is 0 Å². The summed E-state index contributed by atoms with van der Waals surface area (Å²) in [4.78, 5) is 49.1. The second kappa shape index (κ2) is 6.33. The second-order valence-electron chi connectivity index (χ2n) is 5.73. The molecule has 8 nitrogen and oxygen atoms in total. The molecule has 22 heavy (non-hydrogen) atoms. The van der Waals surface area contributed by atoms with Crippen molar-refractivity contribution >= 4 is 23.1 Å². The Morgan fingerprint density at radius 3 is 1.32 bits per heavy atom. The molecule has 0 saturated carbocycles. The fraction of sp³-hybridized carbons (Fsp3) is 0.714. The van der Waals surface area contributed by atoms with E-state index >= 15 is 0 Å². The van der Waals surface area contributed by atoms with E-state index in [2.05, 4.69) is 0 Å². The molecule has 0 saturated heterocycles. The summed E-state index contributed by atoms with van der Waals surface area (Å²) in [7, 11) is 0. The van der Waals surface area contributed by atoms with Crippen LogP contribution in [0.1, 0.15) is 41.0 Å². The van der Waals surface area contributed by atoms with Crippen LogP contribution in [0.25, 0.3) is 0 Å². The lowest BCUT2D eigenvalue weighted by Crippen LogP contribution is -2.86. The molecular weight excluding hydrogens is 288 g/mol. The van der Waals surface area contributed by atoms with Crippen molar-refractivity contribution in [3.05, 3.63) is 0 Å². The van der Waals surface area contributed by atoms with Gasteiger partial charge in [0.05, 0.1) is 0 Å². The van der Waals surface area contributed by atoms with E-state index in [1.165, 1.54) is 0 Å². The molecule has 0 aromatic rings. The number of carbonyl (C=O) groups is 4. The molecule has 0 aliphatic carbocycles. The monoisotopic (exact) mass is 314 g/mol. The molecule has 0 aromatic carbocycles. The van der Waals surface area contributed by atoms with Crippen molar-refractivity contribution < 1.29 is 19.2 Å². The third-order valence-corrected chi connectivity index (χ3v) is 4.46. The molecule has 0 aromatic heterocycles. The fourth-order valence-corrected chi connectivity index (χ4v) is 3.15. The van der Waals surface area contributed by atoms with Crippen molar-refractivity contribution in [2.75, 3.05) is 0 Å². The third-order valence-electron chi connectivity index (χ3n) is 4.46. The normalized spacial score (nSPS) is 14.4. The summed E-state index contributed by atoms with van der Waals surface area (Å²) in [6.45, 7) is 5.70. The Labute approximate surface area is 129 Å². The lowest BCUT2D eigenvalue weighted by atomic mass is 9.53. The Morgan fingerprint density at radius 1 is 0.818 bits per heavy atom. The van der Waals surface area contributed by atoms with Crippen molar-refractivity contribution in [2.24, 2.45) is 28.3 Å². The van der Waals surface area contributed by atoms with Gasteiger partial charge in [-0.25, -0.2) is 0 Å². The van der Waals surface area contributed by atoms with E-state index in [1.54, 1.807) is 6.92 Å². The predicted molar refractivity (Wildman–Crippen MR) is 81.4 cm³/mol. The lowest BCUT2D eigenvalue weighted by molar-refractivity contribution is -0.161. The molecule has 0 aliphatic heterocycles. The maximum Gasteiger partial charge on any atom is 0.158 e. The van der Waals surface area contributed by atoms with E-state index in [0.717, 1.165) is 27.7 Å². The maximum absolute atomic E-state index is 12.4. The number of hydrogen-bond acceptors (Lipinski definition) is 8. The van der Waals surface area contributed by atoms with Gasteiger partial charge in [-0.3, -0.25) is 19.2 Å². The van der Waals surface area contributed by atoms with E-state index in [1.807, 2.05) is 0 Å². The zero-order chi connectivity index (χ0) is 18.1. The van der Waals surface area contributed by atoms with Gasteiger partial charge in [-0.2, -0.15) is 0 Å². The first kappa shape index (κ1) is 20.5. The summed E-state index contributed by atoms with van der Waals surface area (Å²) >= 11 is 0. The van der Waals surface area contributed by atoms with Crippen LogP contribution in [-0.4, -0.2) is 40.4 Å². The molecule has 0 spiro atoms. The first-order valence-electron chi connectivity index (χ1n) is 6.92.